The second kappa shape index (κ2) is 27.2. The first kappa shape index (κ1) is 49.5. The van der Waals surface area contributed by atoms with E-state index in [1.807, 2.05) is 18.2 Å². The molecule has 0 bridgehead atoms. The minimum absolute atomic E-state index is 0.0534. The lowest BCUT2D eigenvalue weighted by Crippen LogP contribution is -2.44. The molecule has 56 heavy (non-hydrogen) atoms. The molecule has 15 heteroatoms. The molecule has 1 aromatic rings. The molecule has 1 aliphatic rings. The van der Waals surface area contributed by atoms with Crippen LogP contribution in [0.1, 0.15) is 140 Å². The van der Waals surface area contributed by atoms with Crippen molar-refractivity contribution >= 4 is 74.2 Å². The summed E-state index contributed by atoms with van der Waals surface area (Å²) in [6, 6.07) is 10.3. The van der Waals surface area contributed by atoms with Crippen LogP contribution in [0.5, 0.6) is 0 Å². The fraction of sp³-hybridized carbons (Fsp3) is 0.585. The van der Waals surface area contributed by atoms with E-state index in [-0.39, 0.29) is 6.42 Å². The number of aldehydes is 1. The van der Waals surface area contributed by atoms with Crippen molar-refractivity contribution in [2.24, 2.45) is 5.92 Å². The number of rotatable bonds is 32. The molecular weight excluding hydrogens is 749 g/mol. The maximum absolute atomic E-state index is 12.2. The Labute approximate surface area is 328 Å². The Morgan fingerprint density at radius 1 is 0.571 bits per heavy atom. The summed E-state index contributed by atoms with van der Waals surface area (Å²) in [5.41, 5.74) is 1.32. The highest BCUT2D eigenvalue weighted by Gasteiger charge is 2.42. The van der Waals surface area contributed by atoms with Gasteiger partial charge in [-0.3, -0.25) is 57.3 Å². The maximum Gasteiger partial charge on any atom is 0.281 e. The maximum atomic E-state index is 12.2. The van der Waals surface area contributed by atoms with Gasteiger partial charge in [-0.1, -0.05) is 151 Å². The lowest BCUT2D eigenvalue weighted by atomic mass is 9.97. The average molecular weight is 803 g/mol. The molecule has 0 radical (unpaired) electrons. The third kappa shape index (κ3) is 20.4. The van der Waals surface area contributed by atoms with Crippen molar-refractivity contribution in [2.45, 2.75) is 147 Å². The van der Waals surface area contributed by atoms with Crippen molar-refractivity contribution in [1.82, 2.24) is 0 Å². The van der Waals surface area contributed by atoms with Crippen LogP contribution in [0.25, 0.3) is 0 Å². The summed E-state index contributed by atoms with van der Waals surface area (Å²) in [5.74, 6) is -22.0. The van der Waals surface area contributed by atoms with Gasteiger partial charge in [0.1, 0.15) is 0 Å². The number of ketones is 10. The number of hydrogen-bond donors (Lipinski definition) is 1. The van der Waals surface area contributed by atoms with Gasteiger partial charge in [-0.2, -0.15) is 8.42 Å². The molecule has 1 atom stereocenters. The normalized spacial score (nSPS) is 12.7. The molecule has 2 rings (SSSR count). The van der Waals surface area contributed by atoms with E-state index in [4.69, 9.17) is 0 Å². The van der Waals surface area contributed by atoms with E-state index < -0.39 is 92.3 Å². The standard InChI is InChI=1S/C34H46O14S.C7H8/c35-22-26(37)28(39)30(41)32(43)34(45)33(44)31(42)29(40)27(38)25(36)21-20-24(49(46,47)48)17-15-13-11-9-7-5-3-1-2-4-6-8-10-12-14-16-23-18-19-23;1-7-5-3-2-4-6-7/h22-24H,1-21H2,(H,46,47,48);2-6H,1H3. The van der Waals surface area contributed by atoms with Crippen molar-refractivity contribution in [3.05, 3.63) is 35.9 Å². The second-order valence-corrected chi connectivity index (χ2v) is 15.9. The van der Waals surface area contributed by atoms with Crippen molar-refractivity contribution in [3.63, 3.8) is 0 Å². The summed E-state index contributed by atoms with van der Waals surface area (Å²) in [7, 11) is -4.66. The number of carbonyl (C=O) groups excluding carboxylic acids is 11. The molecule has 1 unspecified atom stereocenters. The Morgan fingerprint density at radius 2 is 0.946 bits per heavy atom. The van der Waals surface area contributed by atoms with Crippen molar-refractivity contribution in [2.75, 3.05) is 0 Å². The topological polar surface area (TPSA) is 242 Å². The van der Waals surface area contributed by atoms with E-state index in [0.29, 0.717) is 12.8 Å². The van der Waals surface area contributed by atoms with Crippen molar-refractivity contribution in [3.8, 4) is 0 Å². The molecular formula is C41H54O14S. The van der Waals surface area contributed by atoms with E-state index in [2.05, 4.69) is 19.1 Å². The Hall–Kier alpha value is -4.50. The summed E-state index contributed by atoms with van der Waals surface area (Å²) >= 11 is 0. The molecule has 0 aliphatic heterocycles. The van der Waals surface area contributed by atoms with Gasteiger partial charge in [0.15, 0.2) is 6.29 Å². The van der Waals surface area contributed by atoms with Gasteiger partial charge in [0, 0.05) is 6.42 Å². The molecule has 0 saturated heterocycles. The molecule has 1 saturated carbocycles. The third-order valence-electron chi connectivity index (χ3n) is 9.42. The van der Waals surface area contributed by atoms with Crippen LogP contribution < -0.4 is 0 Å². The predicted molar refractivity (Wildman–Crippen MR) is 203 cm³/mol. The molecule has 1 fully saturated rings. The molecule has 0 spiro atoms. The average Bonchev–Trinajstić information content (AvgIpc) is 4.02. The summed E-state index contributed by atoms with van der Waals surface area (Å²) in [6.07, 6.45) is 18.6. The molecule has 14 nitrogen and oxygen atoms in total. The number of unbranched alkanes of at least 4 members (excludes halogenated alkanes) is 14. The zero-order valence-corrected chi connectivity index (χ0v) is 32.9. The van der Waals surface area contributed by atoms with Gasteiger partial charge in [0.05, 0.1) is 5.25 Å². The van der Waals surface area contributed by atoms with Crippen LogP contribution in [0.15, 0.2) is 30.3 Å². The van der Waals surface area contributed by atoms with Crippen LogP contribution in [-0.2, 0) is 62.9 Å². The highest BCUT2D eigenvalue weighted by Crippen LogP contribution is 2.34. The van der Waals surface area contributed by atoms with Gasteiger partial charge in [0.25, 0.3) is 62.2 Å². The first-order chi connectivity index (χ1) is 26.5. The Balaban J connectivity index is 0.00000200. The third-order valence-corrected chi connectivity index (χ3v) is 10.7. The Kier molecular flexibility index (Phi) is 24.0. The molecule has 1 N–H and O–H groups in total. The van der Waals surface area contributed by atoms with Gasteiger partial charge in [0.2, 0.25) is 5.78 Å². The lowest BCUT2D eigenvalue weighted by molar-refractivity contribution is -0.156. The Bertz CT molecular complexity index is 1670. The lowest BCUT2D eigenvalue weighted by Gasteiger charge is -2.13. The SMILES string of the molecule is Cc1ccccc1.O=CC(=O)C(=O)C(=O)C(=O)C(=O)C(=O)C(=O)C(=O)C(=O)C(=O)CCC(CCCCCCCCCCCCCCCCCC1CC1)S(=O)(=O)O. The summed E-state index contributed by atoms with van der Waals surface area (Å²) in [6.45, 7) is 2.08. The van der Waals surface area contributed by atoms with Gasteiger partial charge >= 0.3 is 0 Å². The van der Waals surface area contributed by atoms with Crippen LogP contribution >= 0.6 is 0 Å². The first-order valence-corrected chi connectivity index (χ1v) is 20.9. The number of aryl methyl sites for hydroxylation is 1. The number of carbonyl (C=O) groups is 11. The van der Waals surface area contributed by atoms with E-state index in [1.54, 1.807) is 0 Å². The number of benzene rings is 1. The monoisotopic (exact) mass is 802 g/mol. The fourth-order valence-electron chi connectivity index (χ4n) is 5.80. The second-order valence-electron chi connectivity index (χ2n) is 14.2. The van der Waals surface area contributed by atoms with Crippen molar-refractivity contribution in [1.29, 1.82) is 0 Å². The summed E-state index contributed by atoms with van der Waals surface area (Å²) in [5, 5.41) is -1.46. The minimum atomic E-state index is -4.66. The van der Waals surface area contributed by atoms with Crippen molar-refractivity contribution < 1.29 is 65.7 Å². The van der Waals surface area contributed by atoms with E-state index in [1.165, 1.54) is 82.6 Å². The van der Waals surface area contributed by atoms with E-state index in [9.17, 15) is 65.7 Å². The zero-order valence-electron chi connectivity index (χ0n) is 32.1. The van der Waals surface area contributed by atoms with Gasteiger partial charge < -0.3 is 0 Å². The molecule has 0 aromatic heterocycles. The summed E-state index contributed by atoms with van der Waals surface area (Å²) in [4.78, 5) is 127. The van der Waals surface area contributed by atoms with Gasteiger partial charge in [-0.15, -0.1) is 0 Å². The van der Waals surface area contributed by atoms with E-state index in [0.717, 1.165) is 31.6 Å². The first-order valence-electron chi connectivity index (χ1n) is 19.4. The highest BCUT2D eigenvalue weighted by atomic mass is 32.2. The smallest absolute Gasteiger partial charge is 0.281 e. The minimum Gasteiger partial charge on any atom is -0.294 e. The molecule has 0 amide bonds. The Morgan fingerprint density at radius 3 is 1.30 bits per heavy atom. The fourth-order valence-corrected chi connectivity index (χ4v) is 6.68. The van der Waals surface area contributed by atoms with Crippen LogP contribution in [0.2, 0.25) is 0 Å². The summed E-state index contributed by atoms with van der Waals surface area (Å²) < 4.78 is 33.1. The molecule has 308 valence electrons. The van der Waals surface area contributed by atoms with Gasteiger partial charge in [-0.05, 0) is 25.7 Å². The number of hydrogen-bond acceptors (Lipinski definition) is 13. The quantitative estimate of drug-likeness (QED) is 0.0333. The van der Waals surface area contributed by atoms with Crippen LogP contribution in [-0.4, -0.2) is 82.3 Å². The zero-order chi connectivity index (χ0) is 42.1. The van der Waals surface area contributed by atoms with Gasteiger partial charge in [-0.25, -0.2) is 0 Å². The molecule has 1 aliphatic carbocycles. The van der Waals surface area contributed by atoms with Crippen LogP contribution in [0.3, 0.4) is 0 Å². The van der Waals surface area contributed by atoms with Crippen LogP contribution in [0.4, 0.5) is 0 Å². The predicted octanol–water partition coefficient (Wildman–Crippen LogP) is 4.95. The number of Topliss-reactive ketones (excluding diaryl/α,β-unsaturated/α-hetero) is 10. The van der Waals surface area contributed by atoms with E-state index >= 15 is 0 Å². The van der Waals surface area contributed by atoms with Crippen LogP contribution in [0, 0.1) is 12.8 Å². The molecule has 0 heterocycles. The highest BCUT2D eigenvalue weighted by molar-refractivity contribution is 7.86. The molecule has 1 aromatic carbocycles. The largest absolute Gasteiger partial charge is 0.294 e.